The molecule has 112 valence electrons. The molecule has 2 aromatic rings. The van der Waals surface area contributed by atoms with Crippen molar-refractivity contribution in [2.24, 2.45) is 0 Å². The van der Waals surface area contributed by atoms with E-state index in [9.17, 15) is 9.59 Å². The molecule has 0 bridgehead atoms. The molecule has 0 aromatic carbocycles. The number of carbonyl (C=O) groups is 1. The van der Waals surface area contributed by atoms with Crippen LogP contribution in [0.15, 0.2) is 4.79 Å². The number of carboxylic acid groups (broad SMARTS) is 1. The second kappa shape index (κ2) is 5.57. The van der Waals surface area contributed by atoms with Gasteiger partial charge in [-0.25, -0.2) is 9.78 Å². The van der Waals surface area contributed by atoms with Crippen molar-refractivity contribution in [2.45, 2.75) is 32.7 Å². The lowest BCUT2D eigenvalue weighted by Gasteiger charge is -2.25. The van der Waals surface area contributed by atoms with Gasteiger partial charge in [-0.3, -0.25) is 9.69 Å². The molecule has 0 saturated carbocycles. The Kier molecular flexibility index (Phi) is 3.77. The van der Waals surface area contributed by atoms with Crippen LogP contribution in [0.5, 0.6) is 0 Å². The summed E-state index contributed by atoms with van der Waals surface area (Å²) >= 11 is 1.07. The lowest BCUT2D eigenvalue weighted by Crippen LogP contribution is -2.30. The van der Waals surface area contributed by atoms with Gasteiger partial charge in [-0.05, 0) is 38.4 Å². The molecule has 0 amide bonds. The molecule has 0 atom stereocenters. The van der Waals surface area contributed by atoms with Crippen molar-refractivity contribution >= 4 is 27.5 Å². The Hall–Kier alpha value is -1.73. The monoisotopic (exact) mass is 307 g/mol. The quantitative estimate of drug-likeness (QED) is 0.905. The minimum Gasteiger partial charge on any atom is -0.477 e. The van der Waals surface area contributed by atoms with Crippen molar-refractivity contribution in [1.82, 2.24) is 14.9 Å². The van der Waals surface area contributed by atoms with E-state index in [0.29, 0.717) is 28.1 Å². The summed E-state index contributed by atoms with van der Waals surface area (Å²) in [4.78, 5) is 33.6. The summed E-state index contributed by atoms with van der Waals surface area (Å²) in [7, 11) is 0. The second-order valence-electron chi connectivity index (χ2n) is 5.39. The average molecular weight is 307 g/mol. The highest BCUT2D eigenvalue weighted by Crippen LogP contribution is 2.27. The highest BCUT2D eigenvalue weighted by Gasteiger charge is 2.19. The first-order valence-corrected chi connectivity index (χ1v) is 7.86. The lowest BCUT2D eigenvalue weighted by atomic mass is 10.1. The number of hydrogen-bond donors (Lipinski definition) is 2. The van der Waals surface area contributed by atoms with Crippen LogP contribution in [0, 0.1) is 6.92 Å². The number of thiophene rings is 1. The summed E-state index contributed by atoms with van der Waals surface area (Å²) in [5.41, 5.74) is 0.258. The molecule has 6 nitrogen and oxygen atoms in total. The van der Waals surface area contributed by atoms with Crippen LogP contribution in [0.25, 0.3) is 10.2 Å². The topological polar surface area (TPSA) is 86.3 Å². The zero-order valence-electron chi connectivity index (χ0n) is 11.8. The number of likely N-dealkylation sites (tertiary alicyclic amines) is 1. The zero-order valence-corrected chi connectivity index (χ0v) is 12.6. The van der Waals surface area contributed by atoms with E-state index in [1.807, 2.05) is 0 Å². The average Bonchev–Trinajstić information content (AvgIpc) is 2.77. The molecule has 0 radical (unpaired) electrons. The van der Waals surface area contributed by atoms with Crippen LogP contribution < -0.4 is 5.56 Å². The van der Waals surface area contributed by atoms with Crippen molar-refractivity contribution in [2.75, 3.05) is 13.1 Å². The summed E-state index contributed by atoms with van der Waals surface area (Å²) < 4.78 is 0. The second-order valence-corrected chi connectivity index (χ2v) is 6.39. The standard InChI is InChI=1S/C14H17N3O3S/c1-8-10-12(18)15-9(7-17-5-3-2-4-6-17)16-13(10)21-11(8)14(19)20/h2-7H2,1H3,(H,19,20)(H,15,16,18). The maximum Gasteiger partial charge on any atom is 0.346 e. The van der Waals surface area contributed by atoms with Gasteiger partial charge in [0.25, 0.3) is 5.56 Å². The van der Waals surface area contributed by atoms with Crippen LogP contribution in [0.3, 0.4) is 0 Å². The molecular formula is C14H17N3O3S. The van der Waals surface area contributed by atoms with Crippen molar-refractivity contribution in [3.8, 4) is 0 Å². The van der Waals surface area contributed by atoms with Crippen LogP contribution in [-0.4, -0.2) is 39.0 Å². The maximum atomic E-state index is 12.2. The molecule has 1 saturated heterocycles. The predicted molar refractivity (Wildman–Crippen MR) is 81.1 cm³/mol. The molecule has 1 aliphatic heterocycles. The van der Waals surface area contributed by atoms with Gasteiger partial charge in [0.15, 0.2) is 0 Å². The Balaban J connectivity index is 1.98. The van der Waals surface area contributed by atoms with Gasteiger partial charge in [0.1, 0.15) is 15.5 Å². The summed E-state index contributed by atoms with van der Waals surface area (Å²) in [6.45, 7) is 4.31. The van der Waals surface area contributed by atoms with E-state index in [-0.39, 0.29) is 10.4 Å². The number of aromatic amines is 1. The minimum atomic E-state index is -1.01. The van der Waals surface area contributed by atoms with E-state index in [1.165, 1.54) is 19.3 Å². The predicted octanol–water partition coefficient (Wildman–Crippen LogP) is 1.98. The molecule has 0 aliphatic carbocycles. The van der Waals surface area contributed by atoms with Crippen LogP contribution in [0.2, 0.25) is 0 Å². The fourth-order valence-corrected chi connectivity index (χ4v) is 3.84. The highest BCUT2D eigenvalue weighted by atomic mass is 32.1. The molecule has 3 rings (SSSR count). The molecule has 0 unspecified atom stereocenters. The molecule has 1 aliphatic rings. The van der Waals surface area contributed by atoms with Crippen molar-refractivity contribution in [1.29, 1.82) is 0 Å². The van der Waals surface area contributed by atoms with Crippen molar-refractivity contribution < 1.29 is 9.90 Å². The van der Waals surface area contributed by atoms with Gasteiger partial charge in [0.05, 0.1) is 11.9 Å². The van der Waals surface area contributed by atoms with Crippen LogP contribution in [-0.2, 0) is 6.54 Å². The van der Waals surface area contributed by atoms with E-state index in [2.05, 4.69) is 14.9 Å². The summed E-state index contributed by atoms with van der Waals surface area (Å²) in [6, 6.07) is 0. The van der Waals surface area contributed by atoms with Gasteiger partial charge in [0, 0.05) is 0 Å². The third-order valence-corrected chi connectivity index (χ3v) is 5.04. The Bertz CT molecular complexity index is 744. The number of piperidine rings is 1. The van der Waals surface area contributed by atoms with E-state index >= 15 is 0 Å². The number of aromatic nitrogens is 2. The first-order chi connectivity index (χ1) is 10.1. The van der Waals surface area contributed by atoms with Gasteiger partial charge in [-0.15, -0.1) is 11.3 Å². The smallest absolute Gasteiger partial charge is 0.346 e. The largest absolute Gasteiger partial charge is 0.477 e. The number of fused-ring (bicyclic) bond motifs is 1. The van der Waals surface area contributed by atoms with Crippen LogP contribution >= 0.6 is 11.3 Å². The third-order valence-electron chi connectivity index (χ3n) is 3.87. The minimum absolute atomic E-state index is 0.193. The number of aromatic carboxylic acids is 1. The SMILES string of the molecule is Cc1c(C(=O)O)sc2nc(CN3CCCCC3)[nH]c(=O)c12. The van der Waals surface area contributed by atoms with Gasteiger partial charge in [-0.1, -0.05) is 6.42 Å². The maximum absolute atomic E-state index is 12.2. The number of hydrogen-bond acceptors (Lipinski definition) is 5. The number of aryl methyl sites for hydroxylation is 1. The van der Waals surface area contributed by atoms with Gasteiger partial charge < -0.3 is 10.1 Å². The first-order valence-electron chi connectivity index (χ1n) is 7.04. The Morgan fingerprint density at radius 1 is 1.38 bits per heavy atom. The molecule has 7 heteroatoms. The van der Waals surface area contributed by atoms with E-state index in [4.69, 9.17) is 5.11 Å². The van der Waals surface area contributed by atoms with E-state index < -0.39 is 5.97 Å². The lowest BCUT2D eigenvalue weighted by molar-refractivity contribution is 0.0701. The molecule has 0 spiro atoms. The summed E-state index contributed by atoms with van der Waals surface area (Å²) in [6.07, 6.45) is 3.60. The fourth-order valence-electron chi connectivity index (χ4n) is 2.80. The van der Waals surface area contributed by atoms with E-state index in [1.54, 1.807) is 6.92 Å². The summed E-state index contributed by atoms with van der Waals surface area (Å²) in [5.74, 6) is -0.389. The molecule has 1 fully saturated rings. The molecule has 2 N–H and O–H groups in total. The van der Waals surface area contributed by atoms with Gasteiger partial charge >= 0.3 is 5.97 Å². The zero-order chi connectivity index (χ0) is 15.0. The van der Waals surface area contributed by atoms with E-state index in [0.717, 1.165) is 24.4 Å². The normalized spacial score (nSPS) is 16.4. The Labute approximate surface area is 125 Å². The third kappa shape index (κ3) is 2.71. The van der Waals surface area contributed by atoms with Gasteiger partial charge in [0.2, 0.25) is 0 Å². The van der Waals surface area contributed by atoms with Crippen LogP contribution in [0.4, 0.5) is 0 Å². The van der Waals surface area contributed by atoms with Crippen molar-refractivity contribution in [3.05, 3.63) is 26.6 Å². The highest BCUT2D eigenvalue weighted by molar-refractivity contribution is 7.20. The Morgan fingerprint density at radius 2 is 2.10 bits per heavy atom. The number of nitrogens with zero attached hydrogens (tertiary/aromatic N) is 2. The summed E-state index contributed by atoms with van der Waals surface area (Å²) in [5, 5.41) is 9.55. The van der Waals surface area contributed by atoms with Gasteiger partial charge in [-0.2, -0.15) is 0 Å². The number of nitrogens with one attached hydrogen (secondary N) is 1. The molecular weight excluding hydrogens is 290 g/mol. The molecule has 2 aromatic heterocycles. The Morgan fingerprint density at radius 3 is 2.76 bits per heavy atom. The molecule has 21 heavy (non-hydrogen) atoms. The number of carboxylic acids is 1. The number of H-pyrrole nitrogens is 1. The fraction of sp³-hybridized carbons (Fsp3) is 0.500. The first kappa shape index (κ1) is 14.2. The molecule has 3 heterocycles. The van der Waals surface area contributed by atoms with Crippen LogP contribution in [0.1, 0.15) is 40.3 Å². The van der Waals surface area contributed by atoms with Crippen molar-refractivity contribution in [3.63, 3.8) is 0 Å². The number of rotatable bonds is 3.